The van der Waals surface area contributed by atoms with E-state index in [1.54, 1.807) is 0 Å². The van der Waals surface area contributed by atoms with Crippen LogP contribution in [0.1, 0.15) is 310 Å². The molecule has 9 nitrogen and oxygen atoms in total. The molecule has 0 heterocycles. The molecular formula is C66H126N2O7P+. The van der Waals surface area contributed by atoms with Gasteiger partial charge < -0.3 is 19.4 Å². The number of quaternary nitrogens is 1. The van der Waals surface area contributed by atoms with E-state index in [0.717, 1.165) is 83.5 Å². The molecule has 0 aromatic carbocycles. The predicted molar refractivity (Wildman–Crippen MR) is 328 cm³/mol. The number of nitrogens with one attached hydrogen (secondary N) is 1. The molecule has 0 aliphatic heterocycles. The molecule has 0 aromatic rings. The molecule has 0 fully saturated rings. The SMILES string of the molecule is CCCCC/C=C\C/C=C\C/C=C\CCCCCCC(=O)NC(COP(=O)(O)OCC[N+](C)(C)C)C(/C=C/CCCCCCCCCCCC)OC(=O)CCCCCCCCCCCCCCCCCCCCCCC. The van der Waals surface area contributed by atoms with Crippen molar-refractivity contribution in [3.8, 4) is 0 Å². The molecule has 0 spiro atoms. The summed E-state index contributed by atoms with van der Waals surface area (Å²) in [7, 11) is 1.49. The van der Waals surface area contributed by atoms with Crippen LogP contribution >= 0.6 is 7.82 Å². The van der Waals surface area contributed by atoms with Crippen molar-refractivity contribution in [2.75, 3.05) is 40.9 Å². The number of likely N-dealkylation sites (N-methyl/N-ethyl adjacent to an activating group) is 1. The van der Waals surface area contributed by atoms with Crippen molar-refractivity contribution in [2.45, 2.75) is 322 Å². The Morgan fingerprint density at radius 1 is 0.461 bits per heavy atom. The van der Waals surface area contributed by atoms with Crippen molar-refractivity contribution in [2.24, 2.45) is 0 Å². The number of carbonyl (C=O) groups is 2. The summed E-state index contributed by atoms with van der Waals surface area (Å²) in [6.07, 6.45) is 69.7. The Hall–Kier alpha value is -2.03. The second-order valence-electron chi connectivity index (χ2n) is 23.3. The Bertz CT molecular complexity index is 1440. The number of nitrogens with zero attached hydrogens (tertiary/aromatic N) is 1. The lowest BCUT2D eigenvalue weighted by molar-refractivity contribution is -0.870. The topological polar surface area (TPSA) is 111 Å². The minimum atomic E-state index is -4.45. The highest BCUT2D eigenvalue weighted by Crippen LogP contribution is 2.43. The van der Waals surface area contributed by atoms with Crippen LogP contribution in [0.3, 0.4) is 0 Å². The molecule has 0 bridgehead atoms. The number of amides is 1. The summed E-state index contributed by atoms with van der Waals surface area (Å²) in [5.41, 5.74) is 0. The second-order valence-corrected chi connectivity index (χ2v) is 24.7. The third-order valence-corrected chi connectivity index (χ3v) is 15.5. The van der Waals surface area contributed by atoms with Crippen LogP contribution in [0.15, 0.2) is 48.6 Å². The Balaban J connectivity index is 5.20. The number of esters is 1. The van der Waals surface area contributed by atoms with Crippen LogP contribution in [0.2, 0.25) is 0 Å². The van der Waals surface area contributed by atoms with Gasteiger partial charge in [0.1, 0.15) is 19.3 Å². The normalized spacial score (nSPS) is 13.9. The third kappa shape index (κ3) is 56.7. The van der Waals surface area contributed by atoms with Gasteiger partial charge in [0.25, 0.3) is 0 Å². The van der Waals surface area contributed by atoms with Gasteiger partial charge in [-0.2, -0.15) is 0 Å². The summed E-state index contributed by atoms with van der Waals surface area (Å²) in [5.74, 6) is -0.518. The molecule has 0 aliphatic carbocycles. The highest BCUT2D eigenvalue weighted by molar-refractivity contribution is 7.47. The van der Waals surface area contributed by atoms with Gasteiger partial charge in [0.05, 0.1) is 33.8 Å². The number of phosphoric acid groups is 1. The van der Waals surface area contributed by atoms with Crippen LogP contribution in [-0.2, 0) is 27.9 Å². The number of rotatable bonds is 59. The van der Waals surface area contributed by atoms with Crippen LogP contribution in [0.5, 0.6) is 0 Å². The monoisotopic (exact) mass is 1090 g/mol. The van der Waals surface area contributed by atoms with E-state index >= 15 is 0 Å². The van der Waals surface area contributed by atoms with E-state index in [-0.39, 0.29) is 25.1 Å². The van der Waals surface area contributed by atoms with Crippen LogP contribution in [-0.4, -0.2) is 74.3 Å². The van der Waals surface area contributed by atoms with Crippen LogP contribution in [0.4, 0.5) is 0 Å². The van der Waals surface area contributed by atoms with Crippen molar-refractivity contribution >= 4 is 19.7 Å². The molecule has 0 aromatic heterocycles. The van der Waals surface area contributed by atoms with Crippen molar-refractivity contribution < 1.29 is 37.3 Å². The van der Waals surface area contributed by atoms with Crippen molar-refractivity contribution in [3.63, 3.8) is 0 Å². The maximum atomic E-state index is 13.5. The Kier molecular flexibility index (Phi) is 54.7. The van der Waals surface area contributed by atoms with Gasteiger partial charge in [0.2, 0.25) is 5.91 Å². The van der Waals surface area contributed by atoms with Crippen molar-refractivity contribution in [3.05, 3.63) is 48.6 Å². The molecule has 1 amide bonds. The zero-order chi connectivity index (χ0) is 55.7. The van der Waals surface area contributed by atoms with Gasteiger partial charge >= 0.3 is 13.8 Å². The number of unbranched alkanes of at least 4 members (excludes halogenated alkanes) is 37. The fraction of sp³-hybridized carbons (Fsp3) is 0.848. The van der Waals surface area contributed by atoms with E-state index in [2.05, 4.69) is 62.5 Å². The summed E-state index contributed by atoms with van der Waals surface area (Å²) in [5, 5.41) is 3.05. The molecule has 0 saturated heterocycles. The fourth-order valence-electron chi connectivity index (χ4n) is 9.48. The first-order valence-corrected chi connectivity index (χ1v) is 34.0. The quantitative estimate of drug-likeness (QED) is 0.0205. The second kappa shape index (κ2) is 56.3. The average Bonchev–Trinajstić information content (AvgIpc) is 3.38. The summed E-state index contributed by atoms with van der Waals surface area (Å²) < 4.78 is 30.7. The first kappa shape index (κ1) is 74.0. The first-order valence-electron chi connectivity index (χ1n) is 32.5. The highest BCUT2D eigenvalue weighted by Gasteiger charge is 2.30. The van der Waals surface area contributed by atoms with Gasteiger partial charge in [-0.25, -0.2) is 4.57 Å². The third-order valence-electron chi connectivity index (χ3n) is 14.5. The molecule has 0 saturated carbocycles. The summed E-state index contributed by atoms with van der Waals surface area (Å²) in [4.78, 5) is 37.7. The number of hydrogen-bond acceptors (Lipinski definition) is 6. The number of carbonyl (C=O) groups excluding carboxylic acids is 2. The van der Waals surface area contributed by atoms with Gasteiger partial charge in [-0.05, 0) is 70.3 Å². The lowest BCUT2D eigenvalue weighted by atomic mass is 10.0. The van der Waals surface area contributed by atoms with E-state index in [1.165, 1.54) is 193 Å². The number of ether oxygens (including phenoxy) is 1. The Morgan fingerprint density at radius 2 is 0.803 bits per heavy atom. The van der Waals surface area contributed by atoms with Gasteiger partial charge in [0.15, 0.2) is 0 Å². The molecule has 0 rings (SSSR count). The van der Waals surface area contributed by atoms with E-state index in [4.69, 9.17) is 13.8 Å². The van der Waals surface area contributed by atoms with Gasteiger partial charge in [0, 0.05) is 12.8 Å². The first-order chi connectivity index (χ1) is 36.9. The highest BCUT2D eigenvalue weighted by atomic mass is 31.2. The number of allylic oxidation sites excluding steroid dienone is 7. The van der Waals surface area contributed by atoms with Crippen molar-refractivity contribution in [1.82, 2.24) is 5.32 Å². The van der Waals surface area contributed by atoms with E-state index < -0.39 is 20.0 Å². The molecule has 3 atom stereocenters. The molecule has 2 N–H and O–H groups in total. The van der Waals surface area contributed by atoms with Gasteiger partial charge in [-0.3, -0.25) is 18.6 Å². The lowest BCUT2D eigenvalue weighted by Gasteiger charge is -2.27. The predicted octanol–water partition coefficient (Wildman–Crippen LogP) is 20.1. The average molecular weight is 1090 g/mol. The molecule has 10 heteroatoms. The standard InChI is InChI=1S/C66H125N2O7P/c1-7-10-13-16-19-22-25-28-30-32-33-34-35-37-39-41-44-47-50-53-56-59-66(70)75-64(57-54-51-48-45-42-27-24-21-18-15-12-9-3)63(62-74-76(71,72)73-61-60-68(4,5)6)67-65(69)58-55-52-49-46-43-40-38-36-31-29-26-23-20-17-14-11-8-2/h20,23,29,31,38,40,54,57,63-64H,7-19,21-22,24-28,30,32-37,39,41-53,55-56,58-62H2,1-6H3,(H-,67,69,71,72)/p+1/b23-20-,31-29-,40-38-,57-54+. The minimum absolute atomic E-state index is 0.0367. The largest absolute Gasteiger partial charge is 0.472 e. The van der Waals surface area contributed by atoms with E-state index in [9.17, 15) is 19.0 Å². The molecule has 3 unspecified atom stereocenters. The summed E-state index contributed by atoms with van der Waals surface area (Å²) in [6.45, 7) is 7.00. The lowest BCUT2D eigenvalue weighted by Crippen LogP contribution is -2.47. The number of hydrogen-bond donors (Lipinski definition) is 2. The summed E-state index contributed by atoms with van der Waals surface area (Å²) >= 11 is 0. The molecule has 76 heavy (non-hydrogen) atoms. The Labute approximate surface area is 471 Å². The van der Waals surface area contributed by atoms with Crippen molar-refractivity contribution in [1.29, 1.82) is 0 Å². The zero-order valence-corrected chi connectivity index (χ0v) is 51.9. The summed E-state index contributed by atoms with van der Waals surface area (Å²) in [6, 6.07) is -0.858. The van der Waals surface area contributed by atoms with Crippen LogP contribution in [0.25, 0.3) is 0 Å². The maximum absolute atomic E-state index is 13.5. The van der Waals surface area contributed by atoms with Gasteiger partial charge in [-0.1, -0.05) is 275 Å². The molecular weight excluding hydrogens is 964 g/mol. The van der Waals surface area contributed by atoms with Gasteiger partial charge in [-0.15, -0.1) is 0 Å². The molecule has 446 valence electrons. The zero-order valence-electron chi connectivity index (χ0n) is 51.0. The van der Waals surface area contributed by atoms with E-state index in [1.807, 2.05) is 33.3 Å². The van der Waals surface area contributed by atoms with Crippen LogP contribution < -0.4 is 5.32 Å². The van der Waals surface area contributed by atoms with E-state index in [0.29, 0.717) is 23.9 Å². The Morgan fingerprint density at radius 3 is 1.22 bits per heavy atom. The molecule has 0 aliphatic rings. The smallest absolute Gasteiger partial charge is 0.456 e. The number of phosphoric ester groups is 1. The molecule has 0 radical (unpaired) electrons. The fourth-order valence-corrected chi connectivity index (χ4v) is 10.2. The minimum Gasteiger partial charge on any atom is -0.456 e. The maximum Gasteiger partial charge on any atom is 0.472 e. The van der Waals surface area contributed by atoms with Crippen LogP contribution in [0, 0.1) is 0 Å².